The Morgan fingerprint density at radius 2 is 2.12 bits per heavy atom. The molecule has 3 rings (SSSR count). The lowest BCUT2D eigenvalue weighted by Gasteiger charge is -2.16. The van der Waals surface area contributed by atoms with Crippen LogP contribution in [-0.4, -0.2) is 37.6 Å². The zero-order valence-electron chi connectivity index (χ0n) is 10.6. The average molecular weight is 230 g/mol. The zero-order valence-corrected chi connectivity index (χ0v) is 10.6. The number of nitrogens with zero attached hydrogens (tertiary/aromatic N) is 1. The van der Waals surface area contributed by atoms with Crippen molar-refractivity contribution in [2.24, 2.45) is 5.92 Å². The van der Waals surface area contributed by atoms with Gasteiger partial charge in [0.1, 0.15) is 0 Å². The Morgan fingerprint density at radius 1 is 1.29 bits per heavy atom. The molecule has 0 radical (unpaired) electrons. The van der Waals surface area contributed by atoms with Crippen molar-refractivity contribution in [1.82, 2.24) is 10.2 Å². The maximum atomic E-state index is 3.31. The number of hydrogen-bond acceptors (Lipinski definition) is 2. The van der Waals surface area contributed by atoms with E-state index in [1.54, 1.807) is 0 Å². The first-order chi connectivity index (χ1) is 8.38. The number of benzene rings is 1. The summed E-state index contributed by atoms with van der Waals surface area (Å²) in [5.41, 5.74) is 1.54. The number of nitrogens with one attached hydrogen (secondary N) is 1. The fourth-order valence-corrected chi connectivity index (χ4v) is 3.26. The summed E-state index contributed by atoms with van der Waals surface area (Å²) in [7, 11) is 2.06. The second-order valence-corrected chi connectivity index (χ2v) is 5.53. The molecule has 3 unspecified atom stereocenters. The Morgan fingerprint density at radius 3 is 2.88 bits per heavy atom. The Kier molecular flexibility index (Phi) is 3.17. The van der Waals surface area contributed by atoms with Crippen molar-refractivity contribution in [3.8, 4) is 0 Å². The molecule has 1 aliphatic carbocycles. The molecule has 1 heterocycles. The molecule has 0 spiro atoms. The molecule has 2 fully saturated rings. The third-order valence-electron chi connectivity index (χ3n) is 4.26. The van der Waals surface area contributed by atoms with E-state index in [1.165, 1.54) is 38.0 Å². The molecule has 17 heavy (non-hydrogen) atoms. The summed E-state index contributed by atoms with van der Waals surface area (Å²) in [5, 5.41) is 3.31. The number of likely N-dealkylation sites (tertiary alicyclic amines) is 1. The highest BCUT2D eigenvalue weighted by Gasteiger charge is 2.44. The second kappa shape index (κ2) is 4.79. The molecule has 1 aromatic carbocycles. The highest BCUT2D eigenvalue weighted by atomic mass is 15.2. The first-order valence-electron chi connectivity index (χ1n) is 6.82. The maximum Gasteiger partial charge on any atom is 0.0171 e. The van der Waals surface area contributed by atoms with Gasteiger partial charge in [0.2, 0.25) is 0 Å². The highest BCUT2D eigenvalue weighted by molar-refractivity contribution is 5.28. The predicted octanol–water partition coefficient (Wildman–Crippen LogP) is 2.08. The molecule has 0 bridgehead atoms. The minimum atomic E-state index is 0.810. The number of rotatable bonds is 4. The maximum absolute atomic E-state index is 3.31. The fraction of sp³-hybridized carbons (Fsp3) is 0.600. The lowest BCUT2D eigenvalue weighted by molar-refractivity contribution is 0.307. The third kappa shape index (κ3) is 2.38. The SMILES string of the molecule is CNCC1CCN(C2CC2c2ccccc2)C1. The van der Waals surface area contributed by atoms with Gasteiger partial charge in [-0.3, -0.25) is 4.90 Å². The van der Waals surface area contributed by atoms with Crippen LogP contribution >= 0.6 is 0 Å². The van der Waals surface area contributed by atoms with Crippen LogP contribution in [0.3, 0.4) is 0 Å². The standard InChI is InChI=1S/C15H22N2/c1-16-10-12-7-8-17(11-12)15-9-14(15)13-5-3-2-4-6-13/h2-6,12,14-16H,7-11H2,1H3. The van der Waals surface area contributed by atoms with Crippen LogP contribution < -0.4 is 5.32 Å². The molecule has 1 N–H and O–H groups in total. The summed E-state index contributed by atoms with van der Waals surface area (Å²) >= 11 is 0. The predicted molar refractivity (Wildman–Crippen MR) is 71.2 cm³/mol. The summed E-state index contributed by atoms with van der Waals surface area (Å²) in [6.07, 6.45) is 2.75. The minimum absolute atomic E-state index is 0.810. The van der Waals surface area contributed by atoms with Gasteiger partial charge >= 0.3 is 0 Å². The van der Waals surface area contributed by atoms with Crippen molar-refractivity contribution in [3.63, 3.8) is 0 Å². The van der Waals surface area contributed by atoms with Crippen LogP contribution in [0.25, 0.3) is 0 Å². The van der Waals surface area contributed by atoms with Crippen LogP contribution in [0, 0.1) is 5.92 Å². The zero-order chi connectivity index (χ0) is 11.7. The van der Waals surface area contributed by atoms with E-state index in [9.17, 15) is 0 Å². The van der Waals surface area contributed by atoms with E-state index >= 15 is 0 Å². The first kappa shape index (κ1) is 11.2. The van der Waals surface area contributed by atoms with Crippen LogP contribution in [-0.2, 0) is 0 Å². The third-order valence-corrected chi connectivity index (χ3v) is 4.26. The van der Waals surface area contributed by atoms with Gasteiger partial charge in [0, 0.05) is 18.5 Å². The second-order valence-electron chi connectivity index (χ2n) is 5.53. The Balaban J connectivity index is 1.56. The van der Waals surface area contributed by atoms with Gasteiger partial charge in [-0.25, -0.2) is 0 Å². The molecule has 0 aromatic heterocycles. The van der Waals surface area contributed by atoms with E-state index in [-0.39, 0.29) is 0 Å². The Labute approximate surface area is 104 Å². The quantitative estimate of drug-likeness (QED) is 0.852. The molecule has 1 aromatic rings. The Bertz CT molecular complexity index is 362. The summed E-state index contributed by atoms with van der Waals surface area (Å²) in [6.45, 7) is 3.79. The van der Waals surface area contributed by atoms with Crippen molar-refractivity contribution in [2.45, 2.75) is 24.8 Å². The molecule has 92 valence electrons. The van der Waals surface area contributed by atoms with E-state index in [1.807, 2.05) is 0 Å². The van der Waals surface area contributed by atoms with Crippen LogP contribution in [0.15, 0.2) is 30.3 Å². The van der Waals surface area contributed by atoms with Gasteiger partial charge < -0.3 is 5.32 Å². The normalized spacial score (nSPS) is 32.9. The van der Waals surface area contributed by atoms with Gasteiger partial charge in [-0.2, -0.15) is 0 Å². The van der Waals surface area contributed by atoms with Gasteiger partial charge in [0.05, 0.1) is 0 Å². The highest BCUT2D eigenvalue weighted by Crippen LogP contribution is 2.46. The minimum Gasteiger partial charge on any atom is -0.319 e. The summed E-state index contributed by atoms with van der Waals surface area (Å²) in [6, 6.07) is 11.8. The van der Waals surface area contributed by atoms with Crippen molar-refractivity contribution >= 4 is 0 Å². The van der Waals surface area contributed by atoms with E-state index in [2.05, 4.69) is 47.6 Å². The lowest BCUT2D eigenvalue weighted by atomic mass is 10.1. The van der Waals surface area contributed by atoms with Gasteiger partial charge in [-0.1, -0.05) is 30.3 Å². The molecule has 1 saturated heterocycles. The van der Waals surface area contributed by atoms with E-state index in [0.29, 0.717) is 0 Å². The topological polar surface area (TPSA) is 15.3 Å². The van der Waals surface area contributed by atoms with Gasteiger partial charge in [0.25, 0.3) is 0 Å². The van der Waals surface area contributed by atoms with E-state index < -0.39 is 0 Å². The first-order valence-corrected chi connectivity index (χ1v) is 6.82. The summed E-state index contributed by atoms with van der Waals surface area (Å²) in [4.78, 5) is 2.71. The fourth-order valence-electron chi connectivity index (χ4n) is 3.26. The van der Waals surface area contributed by atoms with Crippen molar-refractivity contribution in [1.29, 1.82) is 0 Å². The van der Waals surface area contributed by atoms with E-state index in [0.717, 1.165) is 17.9 Å². The van der Waals surface area contributed by atoms with Crippen LogP contribution in [0.4, 0.5) is 0 Å². The lowest BCUT2D eigenvalue weighted by Crippen LogP contribution is -2.27. The van der Waals surface area contributed by atoms with Gasteiger partial charge in [0.15, 0.2) is 0 Å². The average Bonchev–Trinajstić information content (AvgIpc) is 3.04. The van der Waals surface area contributed by atoms with Crippen molar-refractivity contribution in [3.05, 3.63) is 35.9 Å². The summed E-state index contributed by atoms with van der Waals surface area (Å²) in [5.74, 6) is 1.68. The molecular weight excluding hydrogens is 208 g/mol. The monoisotopic (exact) mass is 230 g/mol. The summed E-state index contributed by atoms with van der Waals surface area (Å²) < 4.78 is 0. The van der Waals surface area contributed by atoms with Crippen molar-refractivity contribution < 1.29 is 0 Å². The smallest absolute Gasteiger partial charge is 0.0171 e. The van der Waals surface area contributed by atoms with Crippen LogP contribution in [0.1, 0.15) is 24.3 Å². The molecule has 2 heteroatoms. The van der Waals surface area contributed by atoms with Gasteiger partial charge in [-0.05, 0) is 44.5 Å². The largest absolute Gasteiger partial charge is 0.319 e. The Hall–Kier alpha value is -0.860. The van der Waals surface area contributed by atoms with Crippen LogP contribution in [0.2, 0.25) is 0 Å². The van der Waals surface area contributed by atoms with Crippen LogP contribution in [0.5, 0.6) is 0 Å². The molecule has 2 aliphatic rings. The van der Waals surface area contributed by atoms with Crippen molar-refractivity contribution in [2.75, 3.05) is 26.7 Å². The molecule has 1 saturated carbocycles. The molecule has 1 aliphatic heterocycles. The number of hydrogen-bond donors (Lipinski definition) is 1. The molecular formula is C15H22N2. The van der Waals surface area contributed by atoms with Gasteiger partial charge in [-0.15, -0.1) is 0 Å². The van der Waals surface area contributed by atoms with E-state index in [4.69, 9.17) is 0 Å². The molecule has 0 amide bonds. The molecule has 3 atom stereocenters. The molecule has 2 nitrogen and oxygen atoms in total.